The van der Waals surface area contributed by atoms with E-state index in [0.717, 1.165) is 6.42 Å². The lowest BCUT2D eigenvalue weighted by Gasteiger charge is -2.19. The highest BCUT2D eigenvalue weighted by Crippen LogP contribution is 2.14. The van der Waals surface area contributed by atoms with E-state index < -0.39 is 12.0 Å². The van der Waals surface area contributed by atoms with Gasteiger partial charge in [0.25, 0.3) is 0 Å². The van der Waals surface area contributed by atoms with Crippen molar-refractivity contribution in [3.63, 3.8) is 0 Å². The van der Waals surface area contributed by atoms with Crippen LogP contribution in [0.15, 0.2) is 30.3 Å². The standard InChI is InChI=1S/C14H20N2O3/c1-2-6-11(9-15)13(17)16-12(14(18)19)10-7-4-3-5-8-10/h3-5,7-8,11-12H,2,6,9,15H2,1H3,(H,16,17)(H,18,19)/t11?,12-/m1/s1. The molecule has 104 valence electrons. The SMILES string of the molecule is CCCC(CN)C(=O)N[C@@H](C(=O)O)c1ccccc1. The van der Waals surface area contributed by atoms with Crippen LogP contribution in [0.3, 0.4) is 0 Å². The molecule has 0 fully saturated rings. The third kappa shape index (κ3) is 4.37. The lowest BCUT2D eigenvalue weighted by atomic mass is 10.0. The molecule has 0 aliphatic rings. The third-order valence-electron chi connectivity index (χ3n) is 2.96. The number of nitrogens with one attached hydrogen (secondary N) is 1. The van der Waals surface area contributed by atoms with Crippen molar-refractivity contribution in [2.75, 3.05) is 6.54 Å². The first kappa shape index (κ1) is 15.2. The molecule has 0 aliphatic heterocycles. The number of aliphatic carboxylic acids is 1. The summed E-state index contributed by atoms with van der Waals surface area (Å²) in [6, 6.07) is 7.60. The molecule has 5 heteroatoms. The lowest BCUT2D eigenvalue weighted by molar-refractivity contribution is -0.142. The van der Waals surface area contributed by atoms with E-state index in [1.807, 2.05) is 6.92 Å². The second-order valence-corrected chi connectivity index (χ2v) is 4.41. The maximum Gasteiger partial charge on any atom is 0.330 e. The molecule has 5 nitrogen and oxygen atoms in total. The fourth-order valence-electron chi connectivity index (χ4n) is 1.90. The Kier molecular flexibility index (Phi) is 6.02. The Labute approximate surface area is 112 Å². The summed E-state index contributed by atoms with van der Waals surface area (Å²) in [5.74, 6) is -1.72. The van der Waals surface area contributed by atoms with Gasteiger partial charge in [-0.3, -0.25) is 4.79 Å². The third-order valence-corrected chi connectivity index (χ3v) is 2.96. The van der Waals surface area contributed by atoms with Crippen molar-refractivity contribution in [2.24, 2.45) is 11.7 Å². The Hall–Kier alpha value is -1.88. The zero-order chi connectivity index (χ0) is 14.3. The van der Waals surface area contributed by atoms with E-state index in [2.05, 4.69) is 5.32 Å². The van der Waals surface area contributed by atoms with Gasteiger partial charge in [0.1, 0.15) is 0 Å². The van der Waals surface area contributed by atoms with Gasteiger partial charge in [-0.05, 0) is 12.0 Å². The predicted octanol–water partition coefficient (Wildman–Crippen LogP) is 1.30. The molecule has 0 aliphatic carbocycles. The highest BCUT2D eigenvalue weighted by molar-refractivity contribution is 5.85. The number of nitrogens with two attached hydrogens (primary N) is 1. The topological polar surface area (TPSA) is 92.4 Å². The van der Waals surface area contributed by atoms with Gasteiger partial charge in [-0.2, -0.15) is 0 Å². The van der Waals surface area contributed by atoms with Crippen LogP contribution in [0.1, 0.15) is 31.4 Å². The van der Waals surface area contributed by atoms with Crippen LogP contribution in [0.5, 0.6) is 0 Å². The van der Waals surface area contributed by atoms with Crippen LogP contribution in [0.25, 0.3) is 0 Å². The Morgan fingerprint density at radius 1 is 1.32 bits per heavy atom. The molecular weight excluding hydrogens is 244 g/mol. The molecule has 19 heavy (non-hydrogen) atoms. The molecule has 0 saturated heterocycles. The van der Waals surface area contributed by atoms with Crippen LogP contribution in [0.2, 0.25) is 0 Å². The summed E-state index contributed by atoms with van der Waals surface area (Å²) in [7, 11) is 0. The summed E-state index contributed by atoms with van der Waals surface area (Å²) in [6.07, 6.45) is 1.49. The quantitative estimate of drug-likeness (QED) is 0.692. The maximum atomic E-state index is 12.0. The molecule has 0 heterocycles. The van der Waals surface area contributed by atoms with Crippen LogP contribution in [-0.4, -0.2) is 23.5 Å². The second kappa shape index (κ2) is 7.53. The number of rotatable bonds is 7. The van der Waals surface area contributed by atoms with Gasteiger partial charge in [0.2, 0.25) is 5.91 Å². The van der Waals surface area contributed by atoms with Crippen molar-refractivity contribution in [3.8, 4) is 0 Å². The molecule has 0 saturated carbocycles. The van der Waals surface area contributed by atoms with Crippen LogP contribution >= 0.6 is 0 Å². The first-order chi connectivity index (χ1) is 9.10. The summed E-state index contributed by atoms with van der Waals surface area (Å²) in [5, 5.41) is 11.8. The number of carboxylic acids is 1. The zero-order valence-electron chi connectivity index (χ0n) is 11.0. The van der Waals surface area contributed by atoms with E-state index >= 15 is 0 Å². The van der Waals surface area contributed by atoms with Crippen LogP contribution in [0.4, 0.5) is 0 Å². The van der Waals surface area contributed by atoms with Gasteiger partial charge in [-0.1, -0.05) is 43.7 Å². The van der Waals surface area contributed by atoms with E-state index in [0.29, 0.717) is 12.0 Å². The summed E-state index contributed by atoms with van der Waals surface area (Å²) >= 11 is 0. The lowest BCUT2D eigenvalue weighted by Crippen LogP contribution is -2.40. The Morgan fingerprint density at radius 3 is 2.42 bits per heavy atom. The minimum atomic E-state index is -1.08. The number of carboxylic acid groups (broad SMARTS) is 1. The number of hydrogen-bond donors (Lipinski definition) is 3. The molecule has 1 aromatic carbocycles. The maximum absolute atomic E-state index is 12.0. The van der Waals surface area contributed by atoms with E-state index in [-0.39, 0.29) is 18.4 Å². The van der Waals surface area contributed by atoms with Crippen LogP contribution in [0, 0.1) is 5.92 Å². The fourth-order valence-corrected chi connectivity index (χ4v) is 1.90. The van der Waals surface area contributed by atoms with Gasteiger partial charge >= 0.3 is 5.97 Å². The number of benzene rings is 1. The van der Waals surface area contributed by atoms with Crippen molar-refractivity contribution < 1.29 is 14.7 Å². The summed E-state index contributed by atoms with van der Waals surface area (Å²) in [4.78, 5) is 23.3. The fraction of sp³-hybridized carbons (Fsp3) is 0.429. The summed E-state index contributed by atoms with van der Waals surface area (Å²) in [5.41, 5.74) is 6.09. The number of hydrogen-bond acceptors (Lipinski definition) is 3. The van der Waals surface area contributed by atoms with Gasteiger partial charge in [0.05, 0.1) is 5.92 Å². The smallest absolute Gasteiger partial charge is 0.330 e. The molecule has 1 aromatic rings. The second-order valence-electron chi connectivity index (χ2n) is 4.41. The minimum absolute atomic E-state index is 0.223. The number of amides is 1. The van der Waals surface area contributed by atoms with Crippen LogP contribution < -0.4 is 11.1 Å². The molecule has 0 spiro atoms. The van der Waals surface area contributed by atoms with Crippen LogP contribution in [-0.2, 0) is 9.59 Å². The Morgan fingerprint density at radius 2 is 1.95 bits per heavy atom. The van der Waals surface area contributed by atoms with Crippen molar-refractivity contribution in [2.45, 2.75) is 25.8 Å². The molecule has 1 unspecified atom stereocenters. The van der Waals surface area contributed by atoms with E-state index in [1.165, 1.54) is 0 Å². The molecule has 0 aromatic heterocycles. The van der Waals surface area contributed by atoms with Crippen molar-refractivity contribution in [3.05, 3.63) is 35.9 Å². The molecule has 2 atom stereocenters. The molecule has 1 amide bonds. The van der Waals surface area contributed by atoms with Crippen molar-refractivity contribution in [1.82, 2.24) is 5.32 Å². The average Bonchev–Trinajstić information content (AvgIpc) is 2.42. The van der Waals surface area contributed by atoms with E-state index in [1.54, 1.807) is 30.3 Å². The summed E-state index contributed by atoms with van der Waals surface area (Å²) in [6.45, 7) is 2.18. The molecule has 4 N–H and O–H groups in total. The minimum Gasteiger partial charge on any atom is -0.479 e. The first-order valence-corrected chi connectivity index (χ1v) is 6.38. The summed E-state index contributed by atoms with van der Waals surface area (Å²) < 4.78 is 0. The van der Waals surface area contributed by atoms with E-state index in [9.17, 15) is 14.7 Å². The number of carbonyl (C=O) groups excluding carboxylic acids is 1. The molecule has 0 radical (unpaired) electrons. The monoisotopic (exact) mass is 264 g/mol. The van der Waals surface area contributed by atoms with Gasteiger partial charge in [-0.15, -0.1) is 0 Å². The molecule has 0 bridgehead atoms. The highest BCUT2D eigenvalue weighted by atomic mass is 16.4. The van der Waals surface area contributed by atoms with Gasteiger partial charge in [-0.25, -0.2) is 4.79 Å². The van der Waals surface area contributed by atoms with Gasteiger partial charge in [0, 0.05) is 6.54 Å². The van der Waals surface area contributed by atoms with Gasteiger partial charge in [0.15, 0.2) is 6.04 Å². The Balaban J connectivity index is 2.80. The highest BCUT2D eigenvalue weighted by Gasteiger charge is 2.25. The zero-order valence-corrected chi connectivity index (χ0v) is 11.0. The van der Waals surface area contributed by atoms with Crippen molar-refractivity contribution >= 4 is 11.9 Å². The van der Waals surface area contributed by atoms with Crippen molar-refractivity contribution in [1.29, 1.82) is 0 Å². The first-order valence-electron chi connectivity index (χ1n) is 6.38. The van der Waals surface area contributed by atoms with E-state index in [4.69, 9.17) is 5.73 Å². The molecular formula is C14H20N2O3. The Bertz CT molecular complexity index is 420. The molecule has 1 rings (SSSR count). The number of carbonyl (C=O) groups is 2. The average molecular weight is 264 g/mol. The predicted molar refractivity (Wildman–Crippen MR) is 72.4 cm³/mol. The largest absolute Gasteiger partial charge is 0.479 e. The normalized spacial score (nSPS) is 13.6. The van der Waals surface area contributed by atoms with Gasteiger partial charge < -0.3 is 16.2 Å².